The Kier molecular flexibility index (Phi) is 8.66. The summed E-state index contributed by atoms with van der Waals surface area (Å²) in [5.74, 6) is -1.31. The van der Waals surface area contributed by atoms with Crippen molar-refractivity contribution in [3.8, 4) is 0 Å². The van der Waals surface area contributed by atoms with Gasteiger partial charge in [0.25, 0.3) is 0 Å². The van der Waals surface area contributed by atoms with Crippen molar-refractivity contribution >= 4 is 23.1 Å². The summed E-state index contributed by atoms with van der Waals surface area (Å²) in [5, 5.41) is 2.99. The number of nitrogens with two attached hydrogens (primary N) is 1. The molecule has 0 radical (unpaired) electrons. The molecule has 0 bridgehead atoms. The van der Waals surface area contributed by atoms with Gasteiger partial charge in [0, 0.05) is 31.9 Å². The van der Waals surface area contributed by atoms with Gasteiger partial charge in [0.2, 0.25) is 11.8 Å². The number of hydrogen-bond donors (Lipinski definition) is 2. The van der Waals surface area contributed by atoms with Crippen molar-refractivity contribution in [1.82, 2.24) is 9.80 Å². The molecule has 1 saturated heterocycles. The van der Waals surface area contributed by atoms with Crippen LogP contribution in [0.2, 0.25) is 0 Å². The van der Waals surface area contributed by atoms with E-state index in [1.54, 1.807) is 24.3 Å². The van der Waals surface area contributed by atoms with Crippen LogP contribution < -0.4 is 11.1 Å². The molecule has 1 unspecified atom stereocenters. The van der Waals surface area contributed by atoms with E-state index in [1.165, 1.54) is 24.3 Å². The van der Waals surface area contributed by atoms with Gasteiger partial charge < -0.3 is 11.1 Å². The van der Waals surface area contributed by atoms with Crippen molar-refractivity contribution in [2.24, 2.45) is 5.73 Å². The molecule has 6 nitrogen and oxygen atoms in total. The first kappa shape index (κ1) is 27.2. The zero-order chi connectivity index (χ0) is 27.2. The maximum absolute atomic E-state index is 13.5. The van der Waals surface area contributed by atoms with E-state index in [9.17, 15) is 18.4 Å². The molecular weight excluding hydrogens is 486 g/mol. The molecule has 8 heteroatoms. The van der Waals surface area contributed by atoms with Crippen LogP contribution in [0, 0.1) is 25.5 Å². The van der Waals surface area contributed by atoms with Crippen LogP contribution in [0.15, 0.2) is 72.8 Å². The van der Waals surface area contributed by atoms with Crippen molar-refractivity contribution in [3.63, 3.8) is 0 Å². The van der Waals surface area contributed by atoms with Crippen LogP contribution in [0.3, 0.4) is 0 Å². The minimum absolute atomic E-state index is 0.145. The van der Waals surface area contributed by atoms with Crippen molar-refractivity contribution in [2.45, 2.75) is 19.9 Å². The van der Waals surface area contributed by atoms with E-state index in [-0.39, 0.29) is 24.1 Å². The third-order valence-electron chi connectivity index (χ3n) is 6.86. The number of nitrogens with zero attached hydrogens (tertiary/aromatic N) is 2. The van der Waals surface area contributed by atoms with E-state index in [2.05, 4.69) is 5.32 Å². The van der Waals surface area contributed by atoms with Gasteiger partial charge in [0.15, 0.2) is 0 Å². The van der Waals surface area contributed by atoms with Crippen LogP contribution in [0.4, 0.5) is 14.5 Å². The lowest BCUT2D eigenvalue weighted by molar-refractivity contribution is -0.127. The lowest BCUT2D eigenvalue weighted by Crippen LogP contribution is -2.59. The van der Waals surface area contributed by atoms with E-state index in [0.29, 0.717) is 26.2 Å². The summed E-state index contributed by atoms with van der Waals surface area (Å²) in [6, 6.07) is 17.4. The number of carbonyl (C=O) groups excluding carboxylic acids is 2. The third-order valence-corrected chi connectivity index (χ3v) is 6.86. The number of nitrogens with one attached hydrogen (secondary N) is 1. The van der Waals surface area contributed by atoms with Gasteiger partial charge in [-0.15, -0.1) is 0 Å². The lowest BCUT2D eigenvalue weighted by atomic mass is 9.97. The summed E-state index contributed by atoms with van der Waals surface area (Å²) in [7, 11) is 0. The minimum atomic E-state index is -0.587. The Morgan fingerprint density at radius 2 is 1.47 bits per heavy atom. The summed E-state index contributed by atoms with van der Waals surface area (Å²) < 4.78 is 27.1. The van der Waals surface area contributed by atoms with Crippen LogP contribution in [0.5, 0.6) is 0 Å². The Hall–Kier alpha value is -3.88. The second-order valence-electron chi connectivity index (χ2n) is 9.59. The molecule has 1 aliphatic rings. The van der Waals surface area contributed by atoms with E-state index >= 15 is 0 Å². The standard InChI is InChI=1S/C30H32F2N4O2/c1-20-4-3-5-21(2)29(20)34-28(37)19-35-16-17-36(27(18-35)30(33)38)15-14-26(22-6-10-24(31)11-7-22)23-8-12-25(32)13-9-23/h3-14,27H,15-19H2,1-2H3,(H2,33,38)(H,34,37). The highest BCUT2D eigenvalue weighted by atomic mass is 19.1. The van der Waals surface area contributed by atoms with E-state index in [1.807, 2.05) is 47.9 Å². The molecule has 0 spiro atoms. The summed E-state index contributed by atoms with van der Waals surface area (Å²) in [4.78, 5) is 29.1. The fourth-order valence-corrected chi connectivity index (χ4v) is 4.77. The Morgan fingerprint density at radius 1 is 0.921 bits per heavy atom. The van der Waals surface area contributed by atoms with Gasteiger partial charge in [-0.2, -0.15) is 0 Å². The monoisotopic (exact) mass is 518 g/mol. The molecular formula is C30H32F2N4O2. The number of anilines is 1. The SMILES string of the molecule is Cc1cccc(C)c1NC(=O)CN1CCN(CC=C(c2ccc(F)cc2)c2ccc(F)cc2)C(C(N)=O)C1. The zero-order valence-electron chi connectivity index (χ0n) is 21.6. The minimum Gasteiger partial charge on any atom is -0.368 e. The molecule has 0 aromatic heterocycles. The fraction of sp³-hybridized carbons (Fsp3) is 0.267. The van der Waals surface area contributed by atoms with Gasteiger partial charge in [-0.05, 0) is 65.9 Å². The molecule has 1 aliphatic heterocycles. The number of rotatable bonds is 8. The van der Waals surface area contributed by atoms with Crippen molar-refractivity contribution in [1.29, 1.82) is 0 Å². The van der Waals surface area contributed by atoms with Crippen molar-refractivity contribution in [2.75, 3.05) is 38.0 Å². The first-order chi connectivity index (χ1) is 18.2. The highest BCUT2D eigenvalue weighted by Gasteiger charge is 2.31. The fourth-order valence-electron chi connectivity index (χ4n) is 4.77. The van der Waals surface area contributed by atoms with Gasteiger partial charge in [-0.25, -0.2) is 8.78 Å². The molecule has 3 N–H and O–H groups in total. The first-order valence-electron chi connectivity index (χ1n) is 12.5. The molecule has 3 aromatic carbocycles. The van der Waals surface area contributed by atoms with E-state index in [0.717, 1.165) is 33.5 Å². The molecule has 198 valence electrons. The summed E-state index contributed by atoms with van der Waals surface area (Å²) in [6.45, 7) is 5.89. The number of carbonyl (C=O) groups is 2. The Bertz CT molecular complexity index is 1260. The molecule has 38 heavy (non-hydrogen) atoms. The number of halogens is 2. The Labute approximate surface area is 221 Å². The van der Waals surface area contributed by atoms with Crippen LogP contribution in [0.1, 0.15) is 22.3 Å². The van der Waals surface area contributed by atoms with Crippen LogP contribution in [0.25, 0.3) is 5.57 Å². The molecule has 4 rings (SSSR count). The molecule has 0 saturated carbocycles. The molecule has 1 atom stereocenters. The third kappa shape index (κ3) is 6.70. The number of aryl methyl sites for hydroxylation is 2. The Morgan fingerprint density at radius 3 is 2.00 bits per heavy atom. The molecule has 1 heterocycles. The topological polar surface area (TPSA) is 78.7 Å². The predicted octanol–water partition coefficient (Wildman–Crippen LogP) is 4.12. The maximum Gasteiger partial charge on any atom is 0.238 e. The van der Waals surface area contributed by atoms with Gasteiger partial charge in [-0.1, -0.05) is 48.5 Å². The lowest BCUT2D eigenvalue weighted by Gasteiger charge is -2.39. The highest BCUT2D eigenvalue weighted by Crippen LogP contribution is 2.25. The molecule has 0 aliphatic carbocycles. The largest absolute Gasteiger partial charge is 0.368 e. The second kappa shape index (κ2) is 12.1. The van der Waals surface area contributed by atoms with Crippen molar-refractivity contribution < 1.29 is 18.4 Å². The van der Waals surface area contributed by atoms with Gasteiger partial charge in [0.05, 0.1) is 6.54 Å². The number of amides is 2. The van der Waals surface area contributed by atoms with E-state index < -0.39 is 11.9 Å². The van der Waals surface area contributed by atoms with Gasteiger partial charge in [-0.3, -0.25) is 19.4 Å². The van der Waals surface area contributed by atoms with Crippen LogP contribution in [-0.4, -0.2) is 60.4 Å². The smallest absolute Gasteiger partial charge is 0.238 e. The first-order valence-corrected chi connectivity index (χ1v) is 12.5. The van der Waals surface area contributed by atoms with Crippen LogP contribution >= 0.6 is 0 Å². The van der Waals surface area contributed by atoms with E-state index in [4.69, 9.17) is 5.73 Å². The molecule has 2 amide bonds. The average molecular weight is 519 g/mol. The Balaban J connectivity index is 1.47. The normalized spacial score (nSPS) is 16.2. The summed E-state index contributed by atoms with van der Waals surface area (Å²) >= 11 is 0. The quantitative estimate of drug-likeness (QED) is 0.470. The number of piperazine rings is 1. The predicted molar refractivity (Wildman–Crippen MR) is 145 cm³/mol. The molecule has 3 aromatic rings. The zero-order valence-corrected chi connectivity index (χ0v) is 21.6. The maximum atomic E-state index is 13.5. The highest BCUT2D eigenvalue weighted by molar-refractivity contribution is 5.93. The second-order valence-corrected chi connectivity index (χ2v) is 9.59. The summed E-state index contributed by atoms with van der Waals surface area (Å²) in [5.41, 5.74) is 10.9. The molecule has 1 fully saturated rings. The van der Waals surface area contributed by atoms with Crippen molar-refractivity contribution in [3.05, 3.63) is 107 Å². The van der Waals surface area contributed by atoms with Gasteiger partial charge in [0.1, 0.15) is 17.7 Å². The number of hydrogen-bond acceptors (Lipinski definition) is 4. The number of benzene rings is 3. The summed E-state index contributed by atoms with van der Waals surface area (Å²) in [6.07, 6.45) is 1.94. The number of para-hydroxylation sites is 1. The van der Waals surface area contributed by atoms with Gasteiger partial charge >= 0.3 is 0 Å². The van der Waals surface area contributed by atoms with Crippen LogP contribution in [-0.2, 0) is 9.59 Å². The number of primary amides is 1. The average Bonchev–Trinajstić information content (AvgIpc) is 2.89.